The molecule has 0 aromatic carbocycles. The van der Waals surface area contributed by atoms with Gasteiger partial charge in [0.15, 0.2) is 0 Å². The number of carbonyl (C=O) groups excluding carboxylic acids is 3. The molecular formula is C7H14N4O3. The van der Waals surface area contributed by atoms with Crippen molar-refractivity contribution in [3.63, 3.8) is 0 Å². The van der Waals surface area contributed by atoms with Crippen LogP contribution in [0.2, 0.25) is 0 Å². The molecule has 7 nitrogen and oxygen atoms in total. The number of nitrogens with zero attached hydrogens (tertiary/aromatic N) is 1. The molecule has 0 aliphatic carbocycles. The van der Waals surface area contributed by atoms with Crippen molar-refractivity contribution in [3.8, 4) is 0 Å². The Hall–Kier alpha value is -1.63. The minimum absolute atomic E-state index is 0.358. The lowest BCUT2D eigenvalue weighted by atomic mass is 10.3. The molecule has 0 spiro atoms. The van der Waals surface area contributed by atoms with Crippen LogP contribution in [0.1, 0.15) is 6.92 Å². The molecule has 80 valence electrons. The Kier molecular flexibility index (Phi) is 4.57. The van der Waals surface area contributed by atoms with Crippen LogP contribution in [0.4, 0.5) is 0 Å². The molecule has 0 aliphatic heterocycles. The smallest absolute Gasteiger partial charge is 0.240 e. The topological polar surface area (TPSA) is 133 Å². The zero-order valence-electron chi connectivity index (χ0n) is 7.90. The Labute approximate surface area is 81.2 Å². The van der Waals surface area contributed by atoms with Crippen LogP contribution in [0.3, 0.4) is 0 Å². The highest BCUT2D eigenvalue weighted by Gasteiger charge is 2.20. The molecule has 0 rings (SSSR count). The Bertz CT molecular complexity index is 235. The molecular weight excluding hydrogens is 188 g/mol. The van der Waals surface area contributed by atoms with Gasteiger partial charge >= 0.3 is 0 Å². The lowest BCUT2D eigenvalue weighted by Gasteiger charge is -2.21. The summed E-state index contributed by atoms with van der Waals surface area (Å²) in [5.41, 5.74) is 15.1. The number of rotatable bonds is 5. The van der Waals surface area contributed by atoms with E-state index in [1.165, 1.54) is 6.92 Å². The fourth-order valence-electron chi connectivity index (χ4n) is 0.876. The van der Waals surface area contributed by atoms with Crippen molar-refractivity contribution < 1.29 is 14.4 Å². The third-order valence-electron chi connectivity index (χ3n) is 1.39. The lowest BCUT2D eigenvalue weighted by molar-refractivity contribution is -0.138. The Morgan fingerprint density at radius 1 is 1.14 bits per heavy atom. The van der Waals surface area contributed by atoms with Crippen molar-refractivity contribution in [3.05, 3.63) is 0 Å². The zero-order chi connectivity index (χ0) is 11.3. The maximum Gasteiger partial charge on any atom is 0.240 e. The van der Waals surface area contributed by atoms with Gasteiger partial charge in [-0.3, -0.25) is 14.4 Å². The van der Waals surface area contributed by atoms with Gasteiger partial charge in [-0.25, -0.2) is 0 Å². The maximum atomic E-state index is 11.3. The van der Waals surface area contributed by atoms with Crippen molar-refractivity contribution in [1.82, 2.24) is 4.90 Å². The van der Waals surface area contributed by atoms with E-state index in [-0.39, 0.29) is 13.1 Å². The van der Waals surface area contributed by atoms with Crippen LogP contribution in [0.15, 0.2) is 0 Å². The molecule has 0 saturated carbocycles. The second kappa shape index (κ2) is 5.18. The van der Waals surface area contributed by atoms with Crippen molar-refractivity contribution in [2.24, 2.45) is 17.2 Å². The van der Waals surface area contributed by atoms with Crippen LogP contribution in [0, 0.1) is 0 Å². The molecule has 0 unspecified atom stereocenters. The number of carbonyl (C=O) groups is 3. The van der Waals surface area contributed by atoms with E-state index in [0.717, 1.165) is 4.90 Å². The highest BCUT2D eigenvalue weighted by Crippen LogP contribution is 1.92. The SMILES string of the molecule is C[C@@H](N)C(=O)N(CC(N)=O)CC(N)=O. The first kappa shape index (κ1) is 12.4. The summed E-state index contributed by atoms with van der Waals surface area (Å²) in [5.74, 6) is -1.98. The highest BCUT2D eigenvalue weighted by atomic mass is 16.2. The molecule has 0 bridgehead atoms. The number of hydrogen-bond acceptors (Lipinski definition) is 4. The van der Waals surface area contributed by atoms with Gasteiger partial charge in [0.1, 0.15) is 0 Å². The largest absolute Gasteiger partial charge is 0.368 e. The van der Waals surface area contributed by atoms with E-state index < -0.39 is 23.8 Å². The maximum absolute atomic E-state index is 11.3. The van der Waals surface area contributed by atoms with Crippen molar-refractivity contribution in [2.45, 2.75) is 13.0 Å². The average molecular weight is 202 g/mol. The second-order valence-corrected chi connectivity index (χ2v) is 2.92. The third-order valence-corrected chi connectivity index (χ3v) is 1.39. The summed E-state index contributed by atoms with van der Waals surface area (Å²) < 4.78 is 0. The quantitative estimate of drug-likeness (QED) is 0.442. The molecule has 0 aromatic rings. The summed E-state index contributed by atoms with van der Waals surface area (Å²) >= 11 is 0. The van der Waals surface area contributed by atoms with Crippen LogP contribution >= 0.6 is 0 Å². The van der Waals surface area contributed by atoms with E-state index in [0.29, 0.717) is 0 Å². The first-order valence-electron chi connectivity index (χ1n) is 3.95. The number of nitrogens with two attached hydrogens (primary N) is 3. The van der Waals surface area contributed by atoms with Crippen LogP contribution in [0.5, 0.6) is 0 Å². The van der Waals surface area contributed by atoms with Gasteiger partial charge in [0.25, 0.3) is 0 Å². The lowest BCUT2D eigenvalue weighted by Crippen LogP contribution is -2.48. The minimum Gasteiger partial charge on any atom is -0.368 e. The molecule has 0 aromatic heterocycles. The van der Waals surface area contributed by atoms with Crippen LogP contribution in [-0.4, -0.2) is 41.8 Å². The molecule has 3 amide bonds. The van der Waals surface area contributed by atoms with Gasteiger partial charge in [-0.15, -0.1) is 0 Å². The Balaban J connectivity index is 4.46. The molecule has 0 radical (unpaired) electrons. The predicted octanol–water partition coefficient (Wildman–Crippen LogP) is -2.87. The number of primary amides is 2. The van der Waals surface area contributed by atoms with Crippen LogP contribution < -0.4 is 17.2 Å². The fourth-order valence-corrected chi connectivity index (χ4v) is 0.876. The Morgan fingerprint density at radius 2 is 1.50 bits per heavy atom. The summed E-state index contributed by atoms with van der Waals surface area (Å²) in [6.07, 6.45) is 0. The Morgan fingerprint density at radius 3 is 1.71 bits per heavy atom. The first-order chi connectivity index (χ1) is 6.34. The predicted molar refractivity (Wildman–Crippen MR) is 48.6 cm³/mol. The standard InChI is InChI=1S/C7H14N4O3/c1-4(8)7(14)11(2-5(9)12)3-6(10)13/h4H,2-3,8H2,1H3,(H2,9,12)(H2,10,13)/t4-/m1/s1. The summed E-state index contributed by atoms with van der Waals surface area (Å²) in [4.78, 5) is 33.3. The molecule has 0 saturated heterocycles. The monoisotopic (exact) mass is 202 g/mol. The first-order valence-corrected chi connectivity index (χ1v) is 3.95. The van der Waals surface area contributed by atoms with E-state index in [4.69, 9.17) is 17.2 Å². The molecule has 6 N–H and O–H groups in total. The van der Waals surface area contributed by atoms with Crippen molar-refractivity contribution >= 4 is 17.7 Å². The number of amides is 3. The van der Waals surface area contributed by atoms with Crippen molar-refractivity contribution in [2.75, 3.05) is 13.1 Å². The van der Waals surface area contributed by atoms with Gasteiger partial charge < -0.3 is 22.1 Å². The average Bonchev–Trinajstić information content (AvgIpc) is 1.99. The fraction of sp³-hybridized carbons (Fsp3) is 0.571. The van der Waals surface area contributed by atoms with E-state index >= 15 is 0 Å². The molecule has 0 fully saturated rings. The molecule has 0 heterocycles. The van der Waals surface area contributed by atoms with Crippen LogP contribution in [-0.2, 0) is 14.4 Å². The summed E-state index contributed by atoms with van der Waals surface area (Å²) in [7, 11) is 0. The highest BCUT2D eigenvalue weighted by molar-refractivity contribution is 5.90. The second-order valence-electron chi connectivity index (χ2n) is 2.92. The van der Waals surface area contributed by atoms with E-state index in [1.54, 1.807) is 0 Å². The summed E-state index contributed by atoms with van der Waals surface area (Å²) in [5, 5.41) is 0. The van der Waals surface area contributed by atoms with Gasteiger partial charge in [0.05, 0.1) is 19.1 Å². The van der Waals surface area contributed by atoms with Gasteiger partial charge in [-0.2, -0.15) is 0 Å². The summed E-state index contributed by atoms with van der Waals surface area (Å²) in [6, 6.07) is -0.798. The minimum atomic E-state index is -0.798. The van der Waals surface area contributed by atoms with Crippen molar-refractivity contribution in [1.29, 1.82) is 0 Å². The molecule has 1 atom stereocenters. The molecule has 0 aliphatic rings. The van der Waals surface area contributed by atoms with E-state index in [2.05, 4.69) is 0 Å². The van der Waals surface area contributed by atoms with Gasteiger partial charge in [-0.1, -0.05) is 0 Å². The van der Waals surface area contributed by atoms with Gasteiger partial charge in [0, 0.05) is 0 Å². The molecule has 7 heteroatoms. The normalized spacial score (nSPS) is 11.9. The van der Waals surface area contributed by atoms with E-state index in [9.17, 15) is 14.4 Å². The van der Waals surface area contributed by atoms with E-state index in [1.807, 2.05) is 0 Å². The van der Waals surface area contributed by atoms with Crippen LogP contribution in [0.25, 0.3) is 0 Å². The zero-order valence-corrected chi connectivity index (χ0v) is 7.90. The molecule has 14 heavy (non-hydrogen) atoms. The van der Waals surface area contributed by atoms with Gasteiger partial charge in [0.2, 0.25) is 17.7 Å². The third kappa shape index (κ3) is 4.41. The number of hydrogen-bond donors (Lipinski definition) is 3. The van der Waals surface area contributed by atoms with Gasteiger partial charge in [-0.05, 0) is 6.92 Å². The summed E-state index contributed by atoms with van der Waals surface area (Å²) in [6.45, 7) is 0.726.